The molecule has 0 aliphatic heterocycles. The number of hydrogen-bond donors (Lipinski definition) is 0. The lowest BCUT2D eigenvalue weighted by atomic mass is 10.0. The maximum absolute atomic E-state index is 10.5. The molecule has 0 saturated carbocycles. The van der Waals surface area contributed by atoms with Crippen LogP contribution in [0.4, 0.5) is 0 Å². The smallest absolute Gasteiger partial charge is 0.150 e. The number of carbonyl (C=O) groups is 1. The van der Waals surface area contributed by atoms with Crippen molar-refractivity contribution in [2.75, 3.05) is 0 Å². The number of rotatable bonds is 1. The van der Waals surface area contributed by atoms with Crippen LogP contribution in [0.15, 0.2) is 24.3 Å². The number of benzene rings is 1. The zero-order valence-corrected chi connectivity index (χ0v) is 6.08. The summed E-state index contributed by atoms with van der Waals surface area (Å²) < 4.78 is 0. The molecule has 0 atom stereocenters. The van der Waals surface area contributed by atoms with Crippen molar-refractivity contribution in [3.63, 3.8) is 0 Å². The molecule has 0 N–H and O–H groups in total. The van der Waals surface area contributed by atoms with Crippen LogP contribution in [0.2, 0.25) is 0 Å². The Hall–Kier alpha value is -1.37. The summed E-state index contributed by atoms with van der Waals surface area (Å²) in [5.74, 6) is 0. The number of hydrogen-bond acceptors (Lipinski definition) is 1. The Labute approximate surface area is 65.4 Å². The lowest BCUT2D eigenvalue weighted by molar-refractivity contribution is 0.112. The van der Waals surface area contributed by atoms with Crippen LogP contribution in [0.3, 0.4) is 0 Å². The van der Waals surface area contributed by atoms with Gasteiger partial charge in [0.25, 0.3) is 0 Å². The molecule has 0 bridgehead atoms. The van der Waals surface area contributed by atoms with E-state index in [4.69, 9.17) is 0 Å². The second-order valence-electron chi connectivity index (χ2n) is 2.64. The molecule has 0 radical (unpaired) electrons. The van der Waals surface area contributed by atoms with Gasteiger partial charge in [-0.2, -0.15) is 0 Å². The van der Waals surface area contributed by atoms with Crippen LogP contribution in [0.1, 0.15) is 21.5 Å². The summed E-state index contributed by atoms with van der Waals surface area (Å²) in [5, 5.41) is 0. The molecule has 54 valence electrons. The average molecular weight is 144 g/mol. The third-order valence-electron chi connectivity index (χ3n) is 1.98. The first-order valence-corrected chi connectivity index (χ1v) is 3.65. The number of carbonyl (C=O) groups excluding carboxylic acids is 1. The van der Waals surface area contributed by atoms with Crippen LogP contribution < -0.4 is 0 Å². The quantitative estimate of drug-likeness (QED) is 0.551. The molecule has 0 aromatic heterocycles. The number of allylic oxidation sites excluding steroid dienone is 1. The Balaban J connectivity index is 2.66. The van der Waals surface area contributed by atoms with Crippen LogP contribution in [0.25, 0.3) is 6.08 Å². The van der Waals surface area contributed by atoms with Crippen molar-refractivity contribution in [3.05, 3.63) is 41.0 Å². The Morgan fingerprint density at radius 2 is 2.27 bits per heavy atom. The summed E-state index contributed by atoms with van der Waals surface area (Å²) in [5.41, 5.74) is 3.16. The molecule has 11 heavy (non-hydrogen) atoms. The van der Waals surface area contributed by atoms with E-state index in [2.05, 4.69) is 12.1 Å². The molecule has 0 saturated heterocycles. The van der Waals surface area contributed by atoms with E-state index >= 15 is 0 Å². The van der Waals surface area contributed by atoms with Crippen LogP contribution in [0, 0.1) is 0 Å². The normalized spacial score (nSPS) is 13.1. The summed E-state index contributed by atoms with van der Waals surface area (Å²) >= 11 is 0. The van der Waals surface area contributed by atoms with Gasteiger partial charge in [0.15, 0.2) is 6.29 Å². The van der Waals surface area contributed by atoms with Gasteiger partial charge in [-0.25, -0.2) is 0 Å². The second-order valence-corrected chi connectivity index (χ2v) is 2.64. The minimum atomic E-state index is 0.802. The Morgan fingerprint density at radius 1 is 1.36 bits per heavy atom. The molecule has 1 aromatic carbocycles. The van der Waals surface area contributed by atoms with Gasteiger partial charge in [0.2, 0.25) is 0 Å². The van der Waals surface area contributed by atoms with Crippen molar-refractivity contribution in [3.8, 4) is 0 Å². The summed E-state index contributed by atoms with van der Waals surface area (Å²) in [6.07, 6.45) is 5.97. The maximum Gasteiger partial charge on any atom is 0.150 e. The van der Waals surface area contributed by atoms with E-state index in [-0.39, 0.29) is 0 Å². The number of fused-ring (bicyclic) bond motifs is 1. The Kier molecular flexibility index (Phi) is 1.35. The molecule has 0 heterocycles. The molecule has 0 amide bonds. The molecule has 1 nitrogen and oxygen atoms in total. The molecule has 1 aromatic rings. The molecular weight excluding hydrogens is 136 g/mol. The highest BCUT2D eigenvalue weighted by Crippen LogP contribution is 2.21. The highest BCUT2D eigenvalue weighted by Gasteiger charge is 2.07. The fourth-order valence-corrected chi connectivity index (χ4v) is 1.42. The maximum atomic E-state index is 10.5. The molecule has 1 aliphatic carbocycles. The van der Waals surface area contributed by atoms with Gasteiger partial charge in [-0.3, -0.25) is 4.79 Å². The molecule has 0 spiro atoms. The summed E-state index contributed by atoms with van der Waals surface area (Å²) in [7, 11) is 0. The van der Waals surface area contributed by atoms with Gasteiger partial charge >= 0.3 is 0 Å². The number of aldehydes is 1. The van der Waals surface area contributed by atoms with E-state index in [9.17, 15) is 4.79 Å². The van der Waals surface area contributed by atoms with Crippen molar-refractivity contribution >= 4 is 12.4 Å². The average Bonchev–Trinajstić information content (AvgIpc) is 2.50. The van der Waals surface area contributed by atoms with E-state index in [1.165, 1.54) is 5.56 Å². The molecule has 0 fully saturated rings. The molecule has 2 rings (SSSR count). The van der Waals surface area contributed by atoms with E-state index in [0.717, 1.165) is 23.8 Å². The molecule has 1 heteroatoms. The molecule has 0 unspecified atom stereocenters. The lowest BCUT2D eigenvalue weighted by Gasteiger charge is -1.99. The highest BCUT2D eigenvalue weighted by molar-refractivity contribution is 5.84. The first-order valence-electron chi connectivity index (χ1n) is 3.65. The van der Waals surface area contributed by atoms with Crippen molar-refractivity contribution in [1.82, 2.24) is 0 Å². The summed E-state index contributed by atoms with van der Waals surface area (Å²) in [6.45, 7) is 0. The fraction of sp³-hybridized carbons (Fsp3) is 0.100. The summed E-state index contributed by atoms with van der Waals surface area (Å²) in [6, 6.07) is 5.83. The monoisotopic (exact) mass is 144 g/mol. The van der Waals surface area contributed by atoms with Gasteiger partial charge in [-0.1, -0.05) is 30.4 Å². The van der Waals surface area contributed by atoms with Gasteiger partial charge < -0.3 is 0 Å². The summed E-state index contributed by atoms with van der Waals surface area (Å²) in [4.78, 5) is 10.5. The highest BCUT2D eigenvalue weighted by atomic mass is 16.1. The van der Waals surface area contributed by atoms with Crippen LogP contribution in [0.5, 0.6) is 0 Å². The van der Waals surface area contributed by atoms with Crippen LogP contribution in [-0.4, -0.2) is 6.29 Å². The van der Waals surface area contributed by atoms with Crippen molar-refractivity contribution in [2.24, 2.45) is 0 Å². The van der Waals surface area contributed by atoms with Gasteiger partial charge in [0.05, 0.1) is 0 Å². The second kappa shape index (κ2) is 2.35. The third kappa shape index (κ3) is 0.891. The van der Waals surface area contributed by atoms with Gasteiger partial charge in [-0.05, 0) is 17.5 Å². The predicted octanol–water partition coefficient (Wildman–Crippen LogP) is 2.07. The Morgan fingerprint density at radius 3 is 3.09 bits per heavy atom. The fourth-order valence-electron chi connectivity index (χ4n) is 1.42. The lowest BCUT2D eigenvalue weighted by Crippen LogP contribution is -1.87. The van der Waals surface area contributed by atoms with Gasteiger partial charge in [0, 0.05) is 5.56 Å². The van der Waals surface area contributed by atoms with Crippen LogP contribution in [-0.2, 0) is 6.42 Å². The topological polar surface area (TPSA) is 17.1 Å². The van der Waals surface area contributed by atoms with Crippen LogP contribution >= 0.6 is 0 Å². The predicted molar refractivity (Wildman–Crippen MR) is 44.6 cm³/mol. The SMILES string of the molecule is O=Cc1cccc2c1C=CC2. The Bertz CT molecular complexity index is 324. The van der Waals surface area contributed by atoms with Crippen molar-refractivity contribution < 1.29 is 4.79 Å². The first kappa shape index (κ1) is 6.35. The molecular formula is C10H8O. The van der Waals surface area contributed by atoms with E-state index in [0.29, 0.717) is 0 Å². The van der Waals surface area contributed by atoms with Crippen molar-refractivity contribution in [2.45, 2.75) is 6.42 Å². The van der Waals surface area contributed by atoms with E-state index in [1.807, 2.05) is 18.2 Å². The van der Waals surface area contributed by atoms with Gasteiger partial charge in [-0.15, -0.1) is 0 Å². The van der Waals surface area contributed by atoms with E-state index in [1.54, 1.807) is 0 Å². The van der Waals surface area contributed by atoms with Crippen molar-refractivity contribution in [1.29, 1.82) is 0 Å². The third-order valence-corrected chi connectivity index (χ3v) is 1.98. The first-order chi connectivity index (χ1) is 5.42. The minimum Gasteiger partial charge on any atom is -0.298 e. The zero-order valence-electron chi connectivity index (χ0n) is 6.08. The minimum absolute atomic E-state index is 0.802. The zero-order chi connectivity index (χ0) is 7.68. The molecule has 1 aliphatic rings. The van der Waals surface area contributed by atoms with Gasteiger partial charge in [0.1, 0.15) is 0 Å². The largest absolute Gasteiger partial charge is 0.298 e. The van der Waals surface area contributed by atoms with E-state index < -0.39 is 0 Å². The standard InChI is InChI=1S/C10H8O/c11-7-9-5-1-3-8-4-2-6-10(8)9/h1-3,5-7H,4H2.